The number of rotatable bonds is 4. The van der Waals surface area contributed by atoms with Crippen LogP contribution in [0.5, 0.6) is 0 Å². The molecule has 1 aromatic rings. The summed E-state index contributed by atoms with van der Waals surface area (Å²) in [5.41, 5.74) is 0.750. The molecule has 8 nitrogen and oxygen atoms in total. The average molecular weight is 341 g/mol. The van der Waals surface area contributed by atoms with Gasteiger partial charge in [-0.25, -0.2) is 0 Å². The van der Waals surface area contributed by atoms with Crippen LogP contribution in [-0.2, 0) is 19.7 Å². The molecule has 2 aliphatic heterocycles. The molecule has 2 fully saturated rings. The van der Waals surface area contributed by atoms with Gasteiger partial charge < -0.3 is 9.84 Å². The molecule has 9 heteroatoms. The fraction of sp³-hybridized carbons (Fsp3) is 0.571. The molecule has 0 saturated carbocycles. The number of carboxylic acids is 1. The van der Waals surface area contributed by atoms with E-state index >= 15 is 0 Å². The Morgan fingerprint density at radius 3 is 2.61 bits per heavy atom. The van der Waals surface area contributed by atoms with Crippen molar-refractivity contribution in [2.45, 2.75) is 5.92 Å². The lowest BCUT2D eigenvalue weighted by Crippen LogP contribution is -2.48. The highest BCUT2D eigenvalue weighted by Gasteiger charge is 2.45. The Kier molecular flexibility index (Phi) is 4.62. The molecule has 0 radical (unpaired) electrons. The Labute approximate surface area is 134 Å². The minimum absolute atomic E-state index is 0.0193. The van der Waals surface area contributed by atoms with Gasteiger partial charge in [0.1, 0.15) is 0 Å². The third kappa shape index (κ3) is 3.23. The summed E-state index contributed by atoms with van der Waals surface area (Å²) < 4.78 is 33.3. The van der Waals surface area contributed by atoms with Crippen LogP contribution in [0, 0.1) is 5.92 Å². The Morgan fingerprint density at radius 1 is 1.26 bits per heavy atom. The molecule has 0 aliphatic carbocycles. The van der Waals surface area contributed by atoms with E-state index in [0.29, 0.717) is 26.3 Å². The second-order valence-corrected chi connectivity index (χ2v) is 7.60. The van der Waals surface area contributed by atoms with Crippen molar-refractivity contribution in [3.63, 3.8) is 0 Å². The summed E-state index contributed by atoms with van der Waals surface area (Å²) in [7, 11) is -3.67. The third-order valence-corrected chi connectivity index (χ3v) is 6.31. The number of hydrogen-bond acceptors (Lipinski definition) is 5. The van der Waals surface area contributed by atoms with Crippen molar-refractivity contribution in [2.24, 2.45) is 5.92 Å². The fourth-order valence-electron chi connectivity index (χ4n) is 3.08. The van der Waals surface area contributed by atoms with Gasteiger partial charge in [0.05, 0.1) is 19.1 Å². The number of aromatic nitrogens is 1. The second-order valence-electron chi connectivity index (χ2n) is 5.67. The van der Waals surface area contributed by atoms with Crippen LogP contribution in [-0.4, -0.2) is 72.5 Å². The summed E-state index contributed by atoms with van der Waals surface area (Å²) in [5.74, 6) is -2.15. The first-order valence-corrected chi connectivity index (χ1v) is 8.85. The minimum Gasteiger partial charge on any atom is -0.481 e. The molecule has 1 N–H and O–H groups in total. The van der Waals surface area contributed by atoms with Gasteiger partial charge in [0, 0.05) is 44.5 Å². The number of ether oxygens (including phenoxy) is 1. The number of carbonyl (C=O) groups is 1. The van der Waals surface area contributed by atoms with E-state index in [1.807, 2.05) is 0 Å². The van der Waals surface area contributed by atoms with E-state index in [2.05, 4.69) is 4.98 Å². The fourth-order valence-corrected chi connectivity index (χ4v) is 4.72. The Balaban J connectivity index is 1.84. The van der Waals surface area contributed by atoms with Gasteiger partial charge >= 0.3 is 5.97 Å². The van der Waals surface area contributed by atoms with Crippen LogP contribution in [0.2, 0.25) is 0 Å². The molecule has 0 bridgehead atoms. The normalized spacial score (nSPS) is 27.1. The van der Waals surface area contributed by atoms with E-state index in [1.165, 1.54) is 8.61 Å². The van der Waals surface area contributed by atoms with Crippen molar-refractivity contribution in [3.05, 3.63) is 30.1 Å². The average Bonchev–Trinajstić information content (AvgIpc) is 3.03. The molecule has 126 valence electrons. The first-order valence-electron chi connectivity index (χ1n) is 7.46. The van der Waals surface area contributed by atoms with Crippen LogP contribution in [0.3, 0.4) is 0 Å². The van der Waals surface area contributed by atoms with Crippen LogP contribution < -0.4 is 0 Å². The Bertz CT molecular complexity index is 660. The maximum Gasteiger partial charge on any atom is 0.308 e. The molecule has 1 aromatic heterocycles. The van der Waals surface area contributed by atoms with Crippen molar-refractivity contribution in [1.29, 1.82) is 0 Å². The van der Waals surface area contributed by atoms with E-state index in [-0.39, 0.29) is 13.1 Å². The molecule has 2 atom stereocenters. The highest BCUT2D eigenvalue weighted by molar-refractivity contribution is 7.86. The molecule has 0 spiro atoms. The predicted molar refractivity (Wildman–Crippen MR) is 81.0 cm³/mol. The summed E-state index contributed by atoms with van der Waals surface area (Å²) in [6, 6.07) is 3.52. The van der Waals surface area contributed by atoms with E-state index in [0.717, 1.165) is 5.56 Å². The Morgan fingerprint density at radius 2 is 2.00 bits per heavy atom. The third-order valence-electron chi connectivity index (χ3n) is 4.34. The second kappa shape index (κ2) is 6.52. The monoisotopic (exact) mass is 341 g/mol. The topological polar surface area (TPSA) is 100 Å². The summed E-state index contributed by atoms with van der Waals surface area (Å²) in [6.07, 6.45) is 3.21. The largest absolute Gasteiger partial charge is 0.481 e. The van der Waals surface area contributed by atoms with Gasteiger partial charge in [-0.05, 0) is 11.6 Å². The molecule has 3 heterocycles. The number of pyridine rings is 1. The van der Waals surface area contributed by atoms with E-state index in [4.69, 9.17) is 4.74 Å². The lowest BCUT2D eigenvalue weighted by atomic mass is 9.90. The molecule has 23 heavy (non-hydrogen) atoms. The smallest absolute Gasteiger partial charge is 0.308 e. The van der Waals surface area contributed by atoms with Crippen molar-refractivity contribution in [2.75, 3.05) is 39.4 Å². The molecule has 0 unspecified atom stereocenters. The standard InChI is InChI=1S/C14H19N3O5S/c18-14(19)13-10-17(9-12(13)11-2-1-3-15-8-11)23(20,21)16-4-6-22-7-5-16/h1-3,8,12-13H,4-7,9-10H2,(H,18,19)/t12-,13+/m0/s1. The first-order chi connectivity index (χ1) is 11.0. The van der Waals surface area contributed by atoms with Crippen LogP contribution in [0.1, 0.15) is 11.5 Å². The highest BCUT2D eigenvalue weighted by Crippen LogP contribution is 2.34. The highest BCUT2D eigenvalue weighted by atomic mass is 32.2. The summed E-state index contributed by atoms with van der Waals surface area (Å²) in [4.78, 5) is 15.6. The zero-order chi connectivity index (χ0) is 16.4. The lowest BCUT2D eigenvalue weighted by Gasteiger charge is -2.30. The number of carboxylic acid groups (broad SMARTS) is 1. The predicted octanol–water partition coefficient (Wildman–Crippen LogP) is -0.241. The van der Waals surface area contributed by atoms with Crippen LogP contribution in [0.4, 0.5) is 0 Å². The zero-order valence-electron chi connectivity index (χ0n) is 12.5. The van der Waals surface area contributed by atoms with Gasteiger partial charge in [0.2, 0.25) is 0 Å². The minimum atomic E-state index is -3.67. The van der Waals surface area contributed by atoms with Crippen molar-refractivity contribution < 1.29 is 23.1 Å². The van der Waals surface area contributed by atoms with Gasteiger partial charge in [-0.3, -0.25) is 9.78 Å². The van der Waals surface area contributed by atoms with E-state index in [1.54, 1.807) is 24.5 Å². The summed E-state index contributed by atoms with van der Waals surface area (Å²) in [6.45, 7) is 1.46. The lowest BCUT2D eigenvalue weighted by molar-refractivity contribution is -0.141. The van der Waals surface area contributed by atoms with Gasteiger partial charge in [-0.2, -0.15) is 17.0 Å². The number of morpholine rings is 1. The Hall–Kier alpha value is -1.55. The SMILES string of the molecule is O=C(O)[C@@H]1CN(S(=O)(=O)N2CCOCC2)C[C@H]1c1cccnc1. The summed E-state index contributed by atoms with van der Waals surface area (Å²) >= 11 is 0. The molecule has 3 rings (SSSR count). The molecule has 0 amide bonds. The van der Waals surface area contributed by atoms with Crippen LogP contribution >= 0.6 is 0 Å². The van der Waals surface area contributed by atoms with Gasteiger partial charge in [-0.15, -0.1) is 0 Å². The molecule has 2 saturated heterocycles. The van der Waals surface area contributed by atoms with Crippen molar-refractivity contribution in [3.8, 4) is 0 Å². The number of nitrogens with zero attached hydrogens (tertiary/aromatic N) is 3. The van der Waals surface area contributed by atoms with Crippen molar-refractivity contribution >= 4 is 16.2 Å². The van der Waals surface area contributed by atoms with Crippen molar-refractivity contribution in [1.82, 2.24) is 13.6 Å². The molecule has 2 aliphatic rings. The van der Waals surface area contributed by atoms with Gasteiger partial charge in [-0.1, -0.05) is 6.07 Å². The van der Waals surface area contributed by atoms with Crippen LogP contribution in [0.15, 0.2) is 24.5 Å². The number of aliphatic carboxylic acids is 1. The first kappa shape index (κ1) is 16.3. The maximum absolute atomic E-state index is 12.7. The zero-order valence-corrected chi connectivity index (χ0v) is 13.4. The molecular formula is C14H19N3O5S. The van der Waals surface area contributed by atoms with Gasteiger partial charge in [0.15, 0.2) is 0 Å². The molecule has 0 aromatic carbocycles. The van der Waals surface area contributed by atoms with Crippen LogP contribution in [0.25, 0.3) is 0 Å². The number of hydrogen-bond donors (Lipinski definition) is 1. The van der Waals surface area contributed by atoms with E-state index in [9.17, 15) is 18.3 Å². The summed E-state index contributed by atoms with van der Waals surface area (Å²) in [5, 5.41) is 9.46. The quantitative estimate of drug-likeness (QED) is 0.811. The van der Waals surface area contributed by atoms with E-state index < -0.39 is 28.0 Å². The van der Waals surface area contributed by atoms with Gasteiger partial charge in [0.25, 0.3) is 10.2 Å². The maximum atomic E-state index is 12.7. The molecular weight excluding hydrogens is 322 g/mol.